The van der Waals surface area contributed by atoms with Gasteiger partial charge in [-0.05, 0) is 35.9 Å². The average Bonchev–Trinajstić information content (AvgIpc) is 2.88. The van der Waals surface area contributed by atoms with E-state index in [1.165, 1.54) is 19.3 Å². The highest BCUT2D eigenvalue weighted by molar-refractivity contribution is 6.62. The maximum atomic E-state index is 12.1. The molecule has 1 aliphatic heterocycles. The van der Waals surface area contributed by atoms with Crippen LogP contribution in [0.5, 0.6) is 0 Å². The average molecular weight is 287 g/mol. The Morgan fingerprint density at radius 3 is 2.95 bits per heavy atom. The summed E-state index contributed by atoms with van der Waals surface area (Å²) in [5, 5.41) is 13.0. The lowest BCUT2D eigenvalue weighted by molar-refractivity contribution is -0.121. The van der Waals surface area contributed by atoms with Gasteiger partial charge in [-0.25, -0.2) is 0 Å². The number of nitrogens with one attached hydrogen (secondary N) is 1. The maximum absolute atomic E-state index is 12.1. The summed E-state index contributed by atoms with van der Waals surface area (Å²) in [4.78, 5) is 12.1. The molecule has 5 heteroatoms. The van der Waals surface area contributed by atoms with Crippen molar-refractivity contribution in [1.82, 2.24) is 5.32 Å². The van der Waals surface area contributed by atoms with Gasteiger partial charge in [0.2, 0.25) is 5.91 Å². The third kappa shape index (κ3) is 3.47. The molecule has 0 atom stereocenters. The fourth-order valence-corrected chi connectivity index (χ4v) is 3.37. The van der Waals surface area contributed by atoms with Gasteiger partial charge < -0.3 is 15.0 Å². The molecule has 0 radical (unpaired) electrons. The third-order valence-corrected chi connectivity index (χ3v) is 4.52. The predicted octanol–water partition coefficient (Wildman–Crippen LogP) is 1.29. The molecule has 0 saturated heterocycles. The molecule has 1 fully saturated rings. The Kier molecular flexibility index (Phi) is 4.61. The van der Waals surface area contributed by atoms with Crippen molar-refractivity contribution in [3.05, 3.63) is 29.3 Å². The summed E-state index contributed by atoms with van der Waals surface area (Å²) in [6.07, 6.45) is 7.08. The van der Waals surface area contributed by atoms with Gasteiger partial charge in [-0.15, -0.1) is 0 Å². The number of benzene rings is 1. The van der Waals surface area contributed by atoms with E-state index in [-0.39, 0.29) is 5.91 Å². The van der Waals surface area contributed by atoms with Crippen LogP contribution in [-0.2, 0) is 22.5 Å². The van der Waals surface area contributed by atoms with Crippen LogP contribution < -0.4 is 10.8 Å². The number of carbonyl (C=O) groups excluding carboxylic acids is 1. The minimum Gasteiger partial charge on any atom is -0.423 e. The molecule has 2 aliphatic rings. The molecule has 1 heterocycles. The molecule has 1 aromatic carbocycles. The summed E-state index contributed by atoms with van der Waals surface area (Å²) in [6.45, 7) is 0.457. The standard InChI is InChI=1S/C16H22BNO3/c19-15(18-14-7-2-1-3-8-14)10-9-12-5-4-6-13-11-21-17(20)16(12)13/h4-6,14,20H,1-3,7-11H2,(H,18,19). The number of rotatable bonds is 4. The van der Waals surface area contributed by atoms with Gasteiger partial charge in [0.1, 0.15) is 0 Å². The number of fused-ring (bicyclic) bond motifs is 1. The quantitative estimate of drug-likeness (QED) is 0.820. The molecule has 0 unspecified atom stereocenters. The number of aryl methyl sites for hydroxylation is 1. The second kappa shape index (κ2) is 6.63. The molecular formula is C16H22BNO3. The van der Waals surface area contributed by atoms with E-state index < -0.39 is 7.12 Å². The highest BCUT2D eigenvalue weighted by Gasteiger charge is 2.29. The Balaban J connectivity index is 1.55. The first-order valence-corrected chi connectivity index (χ1v) is 7.94. The first kappa shape index (κ1) is 14.6. The van der Waals surface area contributed by atoms with E-state index in [0.717, 1.165) is 29.4 Å². The van der Waals surface area contributed by atoms with Gasteiger partial charge in [0.25, 0.3) is 0 Å². The first-order chi connectivity index (χ1) is 10.2. The lowest BCUT2D eigenvalue weighted by Gasteiger charge is -2.22. The zero-order valence-corrected chi connectivity index (χ0v) is 12.3. The molecule has 4 nitrogen and oxygen atoms in total. The molecule has 112 valence electrons. The molecule has 21 heavy (non-hydrogen) atoms. The number of hydrogen-bond acceptors (Lipinski definition) is 3. The molecule has 0 spiro atoms. The Morgan fingerprint density at radius 1 is 1.33 bits per heavy atom. The van der Waals surface area contributed by atoms with E-state index in [9.17, 15) is 9.82 Å². The van der Waals surface area contributed by atoms with E-state index in [0.29, 0.717) is 25.5 Å². The lowest BCUT2D eigenvalue weighted by Crippen LogP contribution is -2.37. The van der Waals surface area contributed by atoms with Gasteiger partial charge in [-0.1, -0.05) is 37.5 Å². The minimum atomic E-state index is -0.836. The Hall–Kier alpha value is -1.33. The van der Waals surface area contributed by atoms with Crippen molar-refractivity contribution < 1.29 is 14.5 Å². The van der Waals surface area contributed by atoms with Crippen molar-refractivity contribution in [3.63, 3.8) is 0 Å². The van der Waals surface area contributed by atoms with Crippen LogP contribution in [0, 0.1) is 0 Å². The summed E-state index contributed by atoms with van der Waals surface area (Å²) in [7, 11) is -0.836. The topological polar surface area (TPSA) is 58.6 Å². The smallest absolute Gasteiger partial charge is 0.423 e. The van der Waals surface area contributed by atoms with E-state index in [4.69, 9.17) is 4.65 Å². The van der Waals surface area contributed by atoms with Gasteiger partial charge in [0.05, 0.1) is 6.61 Å². The molecule has 2 N–H and O–H groups in total. The van der Waals surface area contributed by atoms with Gasteiger partial charge in [0.15, 0.2) is 0 Å². The van der Waals surface area contributed by atoms with Crippen LogP contribution in [0.2, 0.25) is 0 Å². The molecule has 3 rings (SSSR count). The number of hydrogen-bond donors (Lipinski definition) is 2. The van der Waals surface area contributed by atoms with E-state index in [1.54, 1.807) is 0 Å². The third-order valence-electron chi connectivity index (χ3n) is 4.52. The normalized spacial score (nSPS) is 18.6. The zero-order chi connectivity index (χ0) is 14.7. The summed E-state index contributed by atoms with van der Waals surface area (Å²) < 4.78 is 5.25. The molecule has 0 aromatic heterocycles. The van der Waals surface area contributed by atoms with Crippen LogP contribution in [0.3, 0.4) is 0 Å². The lowest BCUT2D eigenvalue weighted by atomic mass is 9.75. The van der Waals surface area contributed by atoms with Crippen LogP contribution in [0.15, 0.2) is 18.2 Å². The number of amides is 1. The van der Waals surface area contributed by atoms with Gasteiger partial charge >= 0.3 is 7.12 Å². The summed E-state index contributed by atoms with van der Waals surface area (Å²) in [5.41, 5.74) is 2.92. The second-order valence-electron chi connectivity index (χ2n) is 6.06. The second-order valence-corrected chi connectivity index (χ2v) is 6.06. The molecule has 1 aliphatic carbocycles. The van der Waals surface area contributed by atoms with E-state index in [1.807, 2.05) is 18.2 Å². The van der Waals surface area contributed by atoms with Gasteiger partial charge in [-0.3, -0.25) is 4.79 Å². The van der Waals surface area contributed by atoms with Crippen molar-refractivity contribution in [2.24, 2.45) is 0 Å². The highest BCUT2D eigenvalue weighted by Crippen LogP contribution is 2.18. The molecule has 1 aromatic rings. The Bertz CT molecular complexity index is 514. The van der Waals surface area contributed by atoms with Crippen LogP contribution in [0.1, 0.15) is 49.7 Å². The Labute approximate surface area is 126 Å². The predicted molar refractivity (Wildman–Crippen MR) is 82.2 cm³/mol. The zero-order valence-electron chi connectivity index (χ0n) is 12.3. The maximum Gasteiger partial charge on any atom is 0.492 e. The molecule has 1 saturated carbocycles. The van der Waals surface area contributed by atoms with Crippen molar-refractivity contribution in [2.45, 2.75) is 57.6 Å². The van der Waals surface area contributed by atoms with Crippen molar-refractivity contribution in [1.29, 1.82) is 0 Å². The summed E-state index contributed by atoms with van der Waals surface area (Å²) >= 11 is 0. The van der Waals surface area contributed by atoms with Crippen molar-refractivity contribution >= 4 is 18.5 Å². The van der Waals surface area contributed by atoms with E-state index in [2.05, 4.69) is 5.32 Å². The first-order valence-electron chi connectivity index (χ1n) is 7.94. The van der Waals surface area contributed by atoms with Crippen LogP contribution in [-0.4, -0.2) is 24.1 Å². The molecule has 1 amide bonds. The fraction of sp³-hybridized carbons (Fsp3) is 0.562. The highest BCUT2D eigenvalue weighted by atomic mass is 16.5. The number of carbonyl (C=O) groups is 1. The minimum absolute atomic E-state index is 0.118. The fourth-order valence-electron chi connectivity index (χ4n) is 3.37. The van der Waals surface area contributed by atoms with Crippen LogP contribution in [0.4, 0.5) is 0 Å². The van der Waals surface area contributed by atoms with Crippen molar-refractivity contribution in [3.8, 4) is 0 Å². The molecular weight excluding hydrogens is 265 g/mol. The molecule has 0 bridgehead atoms. The monoisotopic (exact) mass is 287 g/mol. The van der Waals surface area contributed by atoms with E-state index >= 15 is 0 Å². The SMILES string of the molecule is O=C(CCc1cccc2c1B(O)OC2)NC1CCCCC1. The Morgan fingerprint density at radius 2 is 2.14 bits per heavy atom. The summed E-state index contributed by atoms with van der Waals surface area (Å²) in [5.74, 6) is 0.118. The van der Waals surface area contributed by atoms with Crippen LogP contribution in [0.25, 0.3) is 0 Å². The van der Waals surface area contributed by atoms with Gasteiger partial charge in [0, 0.05) is 12.5 Å². The largest absolute Gasteiger partial charge is 0.492 e. The summed E-state index contributed by atoms with van der Waals surface area (Å²) in [6, 6.07) is 6.28. The van der Waals surface area contributed by atoms with Crippen LogP contribution >= 0.6 is 0 Å². The van der Waals surface area contributed by atoms with Gasteiger partial charge in [-0.2, -0.15) is 0 Å². The van der Waals surface area contributed by atoms with Crippen molar-refractivity contribution in [2.75, 3.05) is 0 Å².